The molecule has 1 aromatic heterocycles. The van der Waals surface area contributed by atoms with Gasteiger partial charge < -0.3 is 5.11 Å². The van der Waals surface area contributed by atoms with Gasteiger partial charge in [0.25, 0.3) is 5.69 Å². The van der Waals surface area contributed by atoms with Gasteiger partial charge in [-0.2, -0.15) is 4.57 Å². The summed E-state index contributed by atoms with van der Waals surface area (Å²) in [4.78, 5) is 21.8. The van der Waals surface area contributed by atoms with Gasteiger partial charge in [0.15, 0.2) is 6.20 Å². The molecule has 1 aromatic rings. The normalized spacial score (nSPS) is 9.73. The maximum Gasteiger partial charge on any atom is 0.370 e. The second kappa shape index (κ2) is 4.72. The van der Waals surface area contributed by atoms with E-state index < -0.39 is 11.9 Å². The number of hydrazine groups is 1. The number of nitrogen functional groups attached to an aromatic ring is 1. The molecule has 1 rings (SSSR count). The molecule has 0 bridgehead atoms. The number of halogens is 1. The van der Waals surface area contributed by atoms with Crippen molar-refractivity contribution in [2.45, 2.75) is 6.54 Å². The van der Waals surface area contributed by atoms with E-state index in [9.17, 15) is 9.59 Å². The minimum atomic E-state index is -1.06. The average molecular weight is 231 g/mol. The number of aliphatic carboxylic acids is 1. The third-order valence-electron chi connectivity index (χ3n) is 1.67. The number of nitrogens with one attached hydrogen (secondary N) is 1. The molecule has 4 N–H and O–H groups in total. The summed E-state index contributed by atoms with van der Waals surface area (Å²) >= 11 is 5.67. The summed E-state index contributed by atoms with van der Waals surface area (Å²) in [5.74, 6) is 3.29. The van der Waals surface area contributed by atoms with Gasteiger partial charge in [0, 0.05) is 12.1 Å². The van der Waals surface area contributed by atoms with Gasteiger partial charge >= 0.3 is 11.9 Å². The minimum Gasteiger partial charge on any atom is -0.477 e. The summed E-state index contributed by atoms with van der Waals surface area (Å²) in [6.45, 7) is -0.333. The van der Waals surface area contributed by atoms with E-state index in [1.165, 1.54) is 22.9 Å². The van der Waals surface area contributed by atoms with Crippen molar-refractivity contribution in [3.8, 4) is 0 Å². The van der Waals surface area contributed by atoms with Gasteiger partial charge in [-0.15, -0.1) is 0 Å². The zero-order chi connectivity index (χ0) is 11.4. The molecule has 0 aliphatic carbocycles. The van der Waals surface area contributed by atoms with Gasteiger partial charge in [0.2, 0.25) is 6.54 Å². The van der Waals surface area contributed by atoms with Crippen LogP contribution in [0.15, 0.2) is 18.3 Å². The Bertz CT molecular complexity index is 408. The number of nitrogens with zero attached hydrogens (tertiary/aromatic N) is 1. The van der Waals surface area contributed by atoms with Gasteiger partial charge in [0.1, 0.15) is 0 Å². The Balaban J connectivity index is 3.14. The SMILES string of the molecule is NNC(=O)c1cc(Cl)cc[n+]1CC(=O)O. The van der Waals surface area contributed by atoms with Crippen LogP contribution in [0, 0.1) is 0 Å². The number of carbonyl (C=O) groups is 2. The van der Waals surface area contributed by atoms with Crippen LogP contribution in [0.5, 0.6) is 0 Å². The van der Waals surface area contributed by atoms with E-state index in [0.29, 0.717) is 5.02 Å². The van der Waals surface area contributed by atoms with E-state index in [4.69, 9.17) is 22.6 Å². The molecule has 7 heteroatoms. The Labute approximate surface area is 90.2 Å². The number of pyridine rings is 1. The predicted octanol–water partition coefficient (Wildman–Crippen LogP) is -0.684. The number of amides is 1. The lowest BCUT2D eigenvalue weighted by Gasteiger charge is -2.00. The number of carbonyl (C=O) groups excluding carboxylic acids is 1. The summed E-state index contributed by atoms with van der Waals surface area (Å²) in [7, 11) is 0. The number of carboxylic acids is 1. The van der Waals surface area contributed by atoms with Crippen LogP contribution in [0.3, 0.4) is 0 Å². The van der Waals surface area contributed by atoms with Crippen molar-refractivity contribution in [2.24, 2.45) is 5.84 Å². The highest BCUT2D eigenvalue weighted by Gasteiger charge is 2.20. The standard InChI is InChI=1S/C8H8ClN3O3/c9-5-1-2-12(4-7(13)14)6(3-5)8(15)11-10/h1-3,10H,4H2,(H2,13,14,15)/p+1. The molecule has 0 saturated heterocycles. The topological polar surface area (TPSA) is 96.3 Å². The summed E-state index contributed by atoms with van der Waals surface area (Å²) < 4.78 is 1.23. The van der Waals surface area contributed by atoms with Gasteiger partial charge in [-0.25, -0.2) is 10.6 Å². The third kappa shape index (κ3) is 2.90. The molecule has 0 unspecified atom stereocenters. The van der Waals surface area contributed by atoms with Gasteiger partial charge in [-0.3, -0.25) is 10.2 Å². The Hall–Kier alpha value is -1.66. The number of carboxylic acid groups (broad SMARTS) is 1. The highest BCUT2D eigenvalue weighted by atomic mass is 35.5. The molecule has 6 nitrogen and oxygen atoms in total. The Kier molecular flexibility index (Phi) is 3.59. The molecule has 0 saturated carbocycles. The van der Waals surface area contributed by atoms with Crippen LogP contribution < -0.4 is 15.8 Å². The first kappa shape index (κ1) is 11.4. The van der Waals surface area contributed by atoms with Crippen molar-refractivity contribution < 1.29 is 19.3 Å². The molecular weight excluding hydrogens is 222 g/mol. The first-order valence-electron chi connectivity index (χ1n) is 3.96. The second-order valence-electron chi connectivity index (χ2n) is 2.73. The Morgan fingerprint density at radius 3 is 2.80 bits per heavy atom. The van der Waals surface area contributed by atoms with E-state index in [0.717, 1.165) is 0 Å². The molecule has 15 heavy (non-hydrogen) atoms. The Morgan fingerprint density at radius 1 is 1.60 bits per heavy atom. The zero-order valence-corrected chi connectivity index (χ0v) is 8.36. The quantitative estimate of drug-likeness (QED) is 0.277. The molecule has 80 valence electrons. The van der Waals surface area contributed by atoms with Crippen molar-refractivity contribution >= 4 is 23.5 Å². The smallest absolute Gasteiger partial charge is 0.370 e. The van der Waals surface area contributed by atoms with Crippen LogP contribution in [-0.2, 0) is 11.3 Å². The molecule has 0 fully saturated rings. The number of rotatable bonds is 3. The monoisotopic (exact) mass is 230 g/mol. The number of nitrogens with two attached hydrogens (primary N) is 1. The number of aromatic nitrogens is 1. The molecule has 0 aliphatic rings. The molecule has 0 aliphatic heterocycles. The van der Waals surface area contributed by atoms with E-state index in [-0.39, 0.29) is 12.2 Å². The van der Waals surface area contributed by atoms with Crippen molar-refractivity contribution in [2.75, 3.05) is 0 Å². The van der Waals surface area contributed by atoms with Crippen LogP contribution >= 0.6 is 11.6 Å². The fourth-order valence-corrected chi connectivity index (χ4v) is 1.22. The molecular formula is C8H9ClN3O3+. The molecule has 0 atom stereocenters. The van der Waals surface area contributed by atoms with Crippen molar-refractivity contribution in [3.63, 3.8) is 0 Å². The van der Waals surface area contributed by atoms with E-state index in [2.05, 4.69) is 0 Å². The maximum atomic E-state index is 11.3. The van der Waals surface area contributed by atoms with Crippen LogP contribution in [0.4, 0.5) is 0 Å². The van der Waals surface area contributed by atoms with Crippen LogP contribution in [0.25, 0.3) is 0 Å². The fourth-order valence-electron chi connectivity index (χ4n) is 1.06. The fraction of sp³-hybridized carbons (Fsp3) is 0.125. The van der Waals surface area contributed by atoms with Gasteiger partial charge in [-0.1, -0.05) is 11.6 Å². The van der Waals surface area contributed by atoms with E-state index >= 15 is 0 Å². The Morgan fingerprint density at radius 2 is 2.27 bits per heavy atom. The maximum absolute atomic E-state index is 11.3. The minimum absolute atomic E-state index is 0.0902. The first-order chi connectivity index (χ1) is 7.04. The first-order valence-corrected chi connectivity index (χ1v) is 4.34. The van der Waals surface area contributed by atoms with Crippen molar-refractivity contribution in [1.82, 2.24) is 5.43 Å². The predicted molar refractivity (Wildman–Crippen MR) is 50.9 cm³/mol. The summed E-state index contributed by atoms with van der Waals surface area (Å²) in [5.41, 5.74) is 2.00. The zero-order valence-electron chi connectivity index (χ0n) is 7.61. The highest BCUT2D eigenvalue weighted by molar-refractivity contribution is 6.30. The highest BCUT2D eigenvalue weighted by Crippen LogP contribution is 2.06. The van der Waals surface area contributed by atoms with Crippen LogP contribution in [-0.4, -0.2) is 17.0 Å². The number of hydrogen-bond donors (Lipinski definition) is 3. The van der Waals surface area contributed by atoms with Gasteiger partial charge in [-0.05, 0) is 0 Å². The largest absolute Gasteiger partial charge is 0.477 e. The van der Waals surface area contributed by atoms with E-state index in [1.807, 2.05) is 5.43 Å². The lowest BCUT2D eigenvalue weighted by Crippen LogP contribution is -2.47. The summed E-state index contributed by atoms with van der Waals surface area (Å²) in [6, 6.07) is 2.82. The van der Waals surface area contributed by atoms with Crippen molar-refractivity contribution in [1.29, 1.82) is 0 Å². The third-order valence-corrected chi connectivity index (χ3v) is 1.90. The van der Waals surface area contributed by atoms with Crippen LogP contribution in [0.1, 0.15) is 10.5 Å². The molecule has 1 heterocycles. The molecule has 0 radical (unpaired) electrons. The lowest BCUT2D eigenvalue weighted by molar-refractivity contribution is -0.687. The number of hydrogen-bond acceptors (Lipinski definition) is 3. The van der Waals surface area contributed by atoms with E-state index in [1.54, 1.807) is 0 Å². The molecule has 0 spiro atoms. The summed E-state index contributed by atoms with van der Waals surface area (Å²) in [5, 5.41) is 8.93. The average Bonchev–Trinajstić information content (AvgIpc) is 2.19. The summed E-state index contributed by atoms with van der Waals surface area (Å²) in [6.07, 6.45) is 1.40. The lowest BCUT2D eigenvalue weighted by atomic mass is 10.3. The molecule has 1 amide bonds. The van der Waals surface area contributed by atoms with Gasteiger partial charge in [0.05, 0.1) is 5.02 Å². The molecule has 0 aromatic carbocycles. The second-order valence-corrected chi connectivity index (χ2v) is 3.16. The van der Waals surface area contributed by atoms with Crippen LogP contribution in [0.2, 0.25) is 5.02 Å². The van der Waals surface area contributed by atoms with Crippen molar-refractivity contribution in [3.05, 3.63) is 29.0 Å².